The molecule has 0 amide bonds. The van der Waals surface area contributed by atoms with Crippen molar-refractivity contribution in [1.29, 1.82) is 0 Å². The Kier molecular flexibility index (Phi) is 7.64. The molecule has 4 aliphatic heterocycles. The third-order valence-electron chi connectivity index (χ3n) is 10.7. The van der Waals surface area contributed by atoms with Gasteiger partial charge in [-0.2, -0.15) is 6.57 Å². The summed E-state index contributed by atoms with van der Waals surface area (Å²) in [6.07, 6.45) is 8.43. The van der Waals surface area contributed by atoms with Gasteiger partial charge in [0, 0.05) is 44.3 Å². The van der Waals surface area contributed by atoms with Gasteiger partial charge in [0.15, 0.2) is 0 Å². The minimum absolute atomic E-state index is 0.152. The minimum Gasteiger partial charge on any atom is -0.378 e. The number of para-hydroxylation sites is 2. The number of benzene rings is 2. The molecule has 3 atom stereocenters. The molecular weight excluding hydrogens is 522 g/mol. The smallest absolute Gasteiger partial charge is 0.283 e. The van der Waals surface area contributed by atoms with Gasteiger partial charge in [-0.05, 0) is 81.5 Å². The van der Waals surface area contributed by atoms with Gasteiger partial charge in [0.25, 0.3) is 5.96 Å². The Balaban J connectivity index is 1.06. The van der Waals surface area contributed by atoms with Crippen molar-refractivity contribution in [3.8, 4) is 0 Å². The average Bonchev–Trinajstić information content (AvgIpc) is 3.50. The van der Waals surface area contributed by atoms with Gasteiger partial charge in [-0.3, -0.25) is 4.90 Å². The number of hydrogen-bond acceptors (Lipinski definition) is 4. The SMILES string of the molecule is [C-]#[N+]/N=C(\N1CCOCC1)N1CCC(CCN2[C@@H]3CC[C@H]2CC(n2c(C)nc4ccccc42)C3)(c2ccccc2)CC1. The summed E-state index contributed by atoms with van der Waals surface area (Å²) < 4.78 is 8.11. The van der Waals surface area contributed by atoms with Crippen LogP contribution in [0.2, 0.25) is 0 Å². The van der Waals surface area contributed by atoms with Gasteiger partial charge < -0.3 is 19.1 Å². The van der Waals surface area contributed by atoms with Gasteiger partial charge in [-0.25, -0.2) is 4.98 Å². The number of piperidine rings is 2. The van der Waals surface area contributed by atoms with Gasteiger partial charge in [0.2, 0.25) is 0 Å². The predicted molar refractivity (Wildman–Crippen MR) is 166 cm³/mol. The second kappa shape index (κ2) is 11.7. The Morgan fingerprint density at radius 3 is 2.31 bits per heavy atom. The summed E-state index contributed by atoms with van der Waals surface area (Å²) in [5, 5.41) is 4.28. The molecule has 7 rings (SSSR count). The van der Waals surface area contributed by atoms with Gasteiger partial charge in [0.1, 0.15) is 10.9 Å². The first-order valence-corrected chi connectivity index (χ1v) is 15.9. The molecule has 4 saturated heterocycles. The quantitative estimate of drug-likeness (QED) is 0.178. The van der Waals surface area contributed by atoms with Gasteiger partial charge in [-0.15, -0.1) is 4.95 Å². The number of morpholine rings is 1. The molecule has 3 aromatic rings. The molecule has 4 aliphatic rings. The zero-order valence-electron chi connectivity index (χ0n) is 24.9. The fourth-order valence-corrected chi connectivity index (χ4v) is 8.53. The summed E-state index contributed by atoms with van der Waals surface area (Å²) in [6, 6.07) is 21.7. The number of fused-ring (bicyclic) bond motifs is 3. The molecule has 4 fully saturated rings. The highest BCUT2D eigenvalue weighted by molar-refractivity contribution is 5.81. The molecule has 2 aromatic carbocycles. The van der Waals surface area contributed by atoms with Crippen molar-refractivity contribution in [3.05, 3.63) is 77.5 Å². The van der Waals surface area contributed by atoms with E-state index in [-0.39, 0.29) is 5.41 Å². The highest BCUT2D eigenvalue weighted by atomic mass is 16.5. The van der Waals surface area contributed by atoms with Crippen LogP contribution in [-0.4, -0.2) is 88.2 Å². The van der Waals surface area contributed by atoms with Crippen LogP contribution in [0.1, 0.15) is 62.4 Å². The Hall–Kier alpha value is -3.41. The van der Waals surface area contributed by atoms with Crippen LogP contribution in [0.5, 0.6) is 0 Å². The zero-order chi connectivity index (χ0) is 28.5. The standard InChI is InChI=1S/C34H43N7O/c1-26-36-31-10-6-7-11-32(31)41(26)30-24-28-12-13-29(25-30)40(28)19-16-34(27-8-4-3-5-9-27)14-17-38(18-15-34)33(37-35-2)39-20-22-42-23-21-39/h3-11,28-30H,12-25H2,1H3/b37-33-/t28-,29+,30?. The lowest BCUT2D eigenvalue weighted by molar-refractivity contribution is 0.0583. The number of aromatic nitrogens is 2. The largest absolute Gasteiger partial charge is 0.378 e. The molecule has 1 aromatic heterocycles. The Bertz CT molecular complexity index is 1430. The first-order valence-electron chi connectivity index (χ1n) is 15.9. The van der Waals surface area contributed by atoms with Crippen LogP contribution in [0, 0.1) is 13.5 Å². The van der Waals surface area contributed by atoms with Crippen LogP contribution in [0.4, 0.5) is 0 Å². The van der Waals surface area contributed by atoms with Crippen molar-refractivity contribution in [3.63, 3.8) is 0 Å². The summed E-state index contributed by atoms with van der Waals surface area (Å²) >= 11 is 0. The maximum absolute atomic E-state index is 7.46. The van der Waals surface area contributed by atoms with E-state index in [4.69, 9.17) is 16.3 Å². The monoisotopic (exact) mass is 565 g/mol. The Morgan fingerprint density at radius 2 is 1.60 bits per heavy atom. The van der Waals surface area contributed by atoms with Crippen LogP contribution in [0.3, 0.4) is 0 Å². The zero-order valence-corrected chi connectivity index (χ0v) is 24.9. The van der Waals surface area contributed by atoms with E-state index in [2.05, 4.69) is 90.8 Å². The molecule has 2 bridgehead atoms. The molecule has 0 spiro atoms. The average molecular weight is 566 g/mol. The van der Waals surface area contributed by atoms with Crippen LogP contribution in [0.25, 0.3) is 16.0 Å². The van der Waals surface area contributed by atoms with Gasteiger partial charge in [-0.1, -0.05) is 42.5 Å². The molecular formula is C34H43N7O. The number of guanidine groups is 1. The molecule has 220 valence electrons. The summed E-state index contributed by atoms with van der Waals surface area (Å²) in [4.78, 5) is 15.8. The van der Waals surface area contributed by atoms with Crippen molar-refractivity contribution in [2.45, 2.75) is 75.4 Å². The first-order chi connectivity index (χ1) is 20.6. The van der Waals surface area contributed by atoms with E-state index in [1.54, 1.807) is 0 Å². The Labute approximate surface area is 249 Å². The van der Waals surface area contributed by atoms with Gasteiger partial charge >= 0.3 is 0 Å². The lowest BCUT2D eigenvalue weighted by Gasteiger charge is -2.46. The van der Waals surface area contributed by atoms with E-state index in [1.807, 2.05) is 0 Å². The normalized spacial score (nSPS) is 26.5. The number of hydrogen-bond donors (Lipinski definition) is 0. The summed E-state index contributed by atoms with van der Waals surface area (Å²) in [6.45, 7) is 15.7. The number of likely N-dealkylation sites (tertiary alicyclic amines) is 1. The number of imidazole rings is 1. The summed E-state index contributed by atoms with van der Waals surface area (Å²) in [5.41, 5.74) is 4.04. The second-order valence-corrected chi connectivity index (χ2v) is 12.7. The lowest BCUT2D eigenvalue weighted by Crippen LogP contribution is -2.54. The van der Waals surface area contributed by atoms with Gasteiger partial charge in [0.05, 0.1) is 24.2 Å². The number of ether oxygens (including phenoxy) is 1. The van der Waals surface area contributed by atoms with Crippen LogP contribution in [-0.2, 0) is 10.2 Å². The highest BCUT2D eigenvalue weighted by Crippen LogP contribution is 2.45. The molecule has 8 nitrogen and oxygen atoms in total. The maximum atomic E-state index is 7.46. The fraction of sp³-hybridized carbons (Fsp3) is 0.559. The van der Waals surface area contributed by atoms with Crippen LogP contribution < -0.4 is 0 Å². The Morgan fingerprint density at radius 1 is 0.929 bits per heavy atom. The molecule has 5 heterocycles. The molecule has 42 heavy (non-hydrogen) atoms. The van der Waals surface area contributed by atoms with E-state index in [0.29, 0.717) is 31.3 Å². The van der Waals surface area contributed by atoms with Crippen LogP contribution >= 0.6 is 0 Å². The number of rotatable bonds is 5. The van der Waals surface area contributed by atoms with Crippen LogP contribution in [0.15, 0.2) is 59.7 Å². The maximum Gasteiger partial charge on any atom is 0.283 e. The minimum atomic E-state index is 0.152. The topological polar surface area (TPSA) is 53.5 Å². The molecule has 0 aliphatic carbocycles. The van der Waals surface area contributed by atoms with E-state index >= 15 is 0 Å². The van der Waals surface area contributed by atoms with Crippen molar-refractivity contribution in [2.75, 3.05) is 45.9 Å². The number of nitrogens with zero attached hydrogens (tertiary/aromatic N) is 7. The third-order valence-corrected chi connectivity index (χ3v) is 10.7. The fourth-order valence-electron chi connectivity index (χ4n) is 8.53. The predicted octanol–water partition coefficient (Wildman–Crippen LogP) is 5.46. The van der Waals surface area contributed by atoms with E-state index in [1.165, 1.54) is 43.2 Å². The first kappa shape index (κ1) is 27.4. The molecule has 8 heteroatoms. The number of aryl methyl sites for hydroxylation is 1. The molecule has 0 N–H and O–H groups in total. The molecule has 0 radical (unpaired) electrons. The molecule has 1 unspecified atom stereocenters. The second-order valence-electron chi connectivity index (χ2n) is 12.7. The van der Waals surface area contributed by atoms with Crippen molar-refractivity contribution < 1.29 is 4.74 Å². The third kappa shape index (κ3) is 5.07. The molecule has 0 saturated carbocycles. The van der Waals surface area contributed by atoms with Crippen molar-refractivity contribution >= 4 is 17.0 Å². The van der Waals surface area contributed by atoms with Crippen molar-refractivity contribution in [2.24, 2.45) is 5.10 Å². The summed E-state index contributed by atoms with van der Waals surface area (Å²) in [7, 11) is 0. The van der Waals surface area contributed by atoms with E-state index < -0.39 is 0 Å². The van der Waals surface area contributed by atoms with E-state index in [9.17, 15) is 0 Å². The van der Waals surface area contributed by atoms with E-state index in [0.717, 1.165) is 62.9 Å². The lowest BCUT2D eigenvalue weighted by atomic mass is 9.70. The van der Waals surface area contributed by atoms with Crippen molar-refractivity contribution in [1.82, 2.24) is 24.3 Å². The highest BCUT2D eigenvalue weighted by Gasteiger charge is 2.44. The summed E-state index contributed by atoms with van der Waals surface area (Å²) in [5.74, 6) is 2.00.